The van der Waals surface area contributed by atoms with Crippen molar-refractivity contribution in [2.45, 2.75) is 18.0 Å². The summed E-state index contributed by atoms with van der Waals surface area (Å²) in [5.74, 6) is -5.06. The number of rotatable bonds is 4. The fourth-order valence-electron chi connectivity index (χ4n) is 1.33. The van der Waals surface area contributed by atoms with Crippen molar-refractivity contribution in [3.8, 4) is 0 Å². The van der Waals surface area contributed by atoms with Gasteiger partial charge in [-0.15, -0.1) is 0 Å². The maximum Gasteiger partial charge on any atom is 0.491 e. The van der Waals surface area contributed by atoms with Gasteiger partial charge in [-0.25, -0.2) is 4.79 Å². The molecule has 0 unspecified atom stereocenters. The largest absolute Gasteiger partial charge is 0.491 e. The van der Waals surface area contributed by atoms with Gasteiger partial charge in [-0.2, -0.15) is 13.2 Å². The highest BCUT2D eigenvalue weighted by Gasteiger charge is 2.49. The van der Waals surface area contributed by atoms with Gasteiger partial charge in [0.1, 0.15) is 0 Å². The molecule has 4 nitrogen and oxygen atoms in total. The molecule has 0 aliphatic rings. The third-order valence-electron chi connectivity index (χ3n) is 2.34. The minimum absolute atomic E-state index is 0.0421. The molecule has 0 heterocycles. The number of alkyl halides is 4. The fourth-order valence-corrected chi connectivity index (χ4v) is 1.77. The van der Waals surface area contributed by atoms with Crippen molar-refractivity contribution in [1.82, 2.24) is 0 Å². The lowest BCUT2D eigenvalue weighted by atomic mass is 9.99. The average Bonchev–Trinajstić information content (AvgIpc) is 2.37. The first-order chi connectivity index (χ1) is 8.71. The minimum atomic E-state index is -5.21. The van der Waals surface area contributed by atoms with E-state index in [0.717, 1.165) is 0 Å². The first-order valence-electron chi connectivity index (χ1n) is 5.11. The molecule has 0 aromatic heterocycles. The molecule has 3 N–H and O–H groups in total. The van der Waals surface area contributed by atoms with Crippen LogP contribution in [0, 0.1) is 0 Å². The lowest BCUT2D eigenvalue weighted by Gasteiger charge is -2.32. The molecule has 0 spiro atoms. The van der Waals surface area contributed by atoms with Crippen LogP contribution in [0.3, 0.4) is 0 Å². The molecular weight excluding hydrogens is 331 g/mol. The molecule has 0 radical (unpaired) electrons. The Balaban J connectivity index is 3.12. The number of ether oxygens (including phenoxy) is 1. The number of hydrogen-bond acceptors (Lipinski definition) is 4. The second-order valence-corrected chi connectivity index (χ2v) is 4.36. The molecule has 2 atom stereocenters. The van der Waals surface area contributed by atoms with E-state index < -0.39 is 24.0 Å². The predicted molar refractivity (Wildman–Crippen MR) is 64.3 cm³/mol. The molecule has 1 aromatic rings. The lowest BCUT2D eigenvalue weighted by molar-refractivity contribution is -0.257. The average molecular weight is 342 g/mol. The van der Waals surface area contributed by atoms with Crippen molar-refractivity contribution in [2.24, 2.45) is 5.73 Å². The Morgan fingerprint density at radius 2 is 1.89 bits per heavy atom. The van der Waals surface area contributed by atoms with Gasteiger partial charge < -0.3 is 15.6 Å². The van der Waals surface area contributed by atoms with Gasteiger partial charge >= 0.3 is 12.1 Å². The van der Waals surface area contributed by atoms with E-state index in [9.17, 15) is 23.1 Å². The Bertz CT molecular complexity index is 441. The molecule has 0 bridgehead atoms. The van der Waals surface area contributed by atoms with Gasteiger partial charge in [0.25, 0.3) is 5.79 Å². The van der Waals surface area contributed by atoms with Crippen LogP contribution in [0.15, 0.2) is 30.3 Å². The van der Waals surface area contributed by atoms with Crippen molar-refractivity contribution in [1.29, 1.82) is 0 Å². The minimum Gasteiger partial charge on any atom is -0.420 e. The van der Waals surface area contributed by atoms with Crippen LogP contribution >= 0.6 is 15.9 Å². The normalized spacial score (nSPS) is 16.5. The van der Waals surface area contributed by atoms with Crippen molar-refractivity contribution < 1.29 is 27.8 Å². The Hall–Kier alpha value is -1.12. The lowest BCUT2D eigenvalue weighted by Crippen LogP contribution is -2.51. The van der Waals surface area contributed by atoms with E-state index >= 15 is 0 Å². The van der Waals surface area contributed by atoms with Gasteiger partial charge in [0.2, 0.25) is 0 Å². The monoisotopic (exact) mass is 341 g/mol. The van der Waals surface area contributed by atoms with E-state index in [1.54, 1.807) is 6.07 Å². The third kappa shape index (κ3) is 3.68. The number of aliphatic hydroxyl groups is 1. The molecule has 0 fully saturated rings. The summed E-state index contributed by atoms with van der Waals surface area (Å²) < 4.78 is 40.9. The smallest absolute Gasteiger partial charge is 0.420 e. The molecule has 19 heavy (non-hydrogen) atoms. The Morgan fingerprint density at radius 1 is 1.37 bits per heavy atom. The van der Waals surface area contributed by atoms with Crippen LogP contribution in [-0.4, -0.2) is 28.6 Å². The summed E-state index contributed by atoms with van der Waals surface area (Å²) >= 11 is 2.93. The summed E-state index contributed by atoms with van der Waals surface area (Å²) in [4.78, 5) is 10.9. The molecule has 106 valence electrons. The first kappa shape index (κ1) is 15.9. The zero-order chi connectivity index (χ0) is 14.7. The Morgan fingerprint density at radius 3 is 2.32 bits per heavy atom. The summed E-state index contributed by atoms with van der Waals surface area (Å²) in [5.41, 5.74) is 5.49. The van der Waals surface area contributed by atoms with E-state index in [1.165, 1.54) is 24.3 Å². The fraction of sp³-hybridized carbons (Fsp3) is 0.364. The molecular formula is C11H11BrF3NO3. The molecule has 8 heteroatoms. The van der Waals surface area contributed by atoms with Crippen LogP contribution in [0.2, 0.25) is 0 Å². The van der Waals surface area contributed by atoms with Crippen LogP contribution in [-0.2, 0) is 15.3 Å². The maximum atomic E-state index is 12.2. The highest BCUT2D eigenvalue weighted by Crippen LogP contribution is 2.30. The van der Waals surface area contributed by atoms with Gasteiger partial charge in [-0.3, -0.25) is 0 Å². The molecule has 0 amide bonds. The van der Waals surface area contributed by atoms with Crippen molar-refractivity contribution >= 4 is 21.9 Å². The molecule has 0 saturated carbocycles. The molecule has 0 saturated heterocycles. The second-order valence-electron chi connectivity index (χ2n) is 3.71. The zero-order valence-corrected chi connectivity index (χ0v) is 11.1. The second kappa shape index (κ2) is 5.89. The maximum absolute atomic E-state index is 12.2. The van der Waals surface area contributed by atoms with Gasteiger partial charge in [-0.1, -0.05) is 46.3 Å². The molecule has 0 aliphatic carbocycles. The van der Waals surface area contributed by atoms with Crippen molar-refractivity contribution in [3.05, 3.63) is 35.9 Å². The number of hydrogen-bond donors (Lipinski definition) is 2. The number of halogens is 4. The molecule has 0 aliphatic heterocycles. The van der Waals surface area contributed by atoms with Crippen LogP contribution in [0.5, 0.6) is 0 Å². The Labute approximate surface area is 115 Å². The standard InChI is InChI=1S/C11H11BrF3NO3/c12-6-8(16)10(18,7-4-2-1-3-5-7)19-9(17)11(13,14)15/h1-5,8,18H,6,16H2/t8-,10-/m0/s1. The van der Waals surface area contributed by atoms with E-state index in [-0.39, 0.29) is 10.9 Å². The van der Waals surface area contributed by atoms with Crippen LogP contribution in [0.4, 0.5) is 13.2 Å². The number of nitrogens with two attached hydrogens (primary N) is 1. The number of carbonyl (C=O) groups is 1. The van der Waals surface area contributed by atoms with E-state index in [1.807, 2.05) is 0 Å². The first-order valence-corrected chi connectivity index (χ1v) is 6.23. The van der Waals surface area contributed by atoms with E-state index in [4.69, 9.17) is 5.73 Å². The van der Waals surface area contributed by atoms with Gasteiger partial charge in [0.15, 0.2) is 0 Å². The quantitative estimate of drug-likeness (QED) is 0.496. The zero-order valence-electron chi connectivity index (χ0n) is 9.52. The van der Waals surface area contributed by atoms with Crippen LogP contribution in [0.1, 0.15) is 5.56 Å². The van der Waals surface area contributed by atoms with E-state index in [2.05, 4.69) is 20.7 Å². The topological polar surface area (TPSA) is 72.6 Å². The summed E-state index contributed by atoms with van der Waals surface area (Å²) in [6, 6.07) is 5.90. The summed E-state index contributed by atoms with van der Waals surface area (Å²) in [5, 5.41) is 10.1. The van der Waals surface area contributed by atoms with Gasteiger partial charge in [-0.05, 0) is 0 Å². The van der Waals surface area contributed by atoms with Gasteiger partial charge in [0, 0.05) is 10.9 Å². The van der Waals surface area contributed by atoms with Crippen LogP contribution in [0.25, 0.3) is 0 Å². The molecule has 1 aromatic carbocycles. The SMILES string of the molecule is N[C@@H](CBr)[C@@](O)(OC(=O)C(F)(F)F)c1ccccc1. The Kier molecular flexibility index (Phi) is 4.94. The summed E-state index contributed by atoms with van der Waals surface area (Å²) in [6.07, 6.45) is -5.21. The highest BCUT2D eigenvalue weighted by molar-refractivity contribution is 9.09. The molecule has 1 rings (SSSR count). The summed E-state index contributed by atoms with van der Waals surface area (Å²) in [7, 11) is 0. The van der Waals surface area contributed by atoms with Crippen LogP contribution < -0.4 is 5.73 Å². The van der Waals surface area contributed by atoms with Crippen molar-refractivity contribution in [3.63, 3.8) is 0 Å². The number of carbonyl (C=O) groups excluding carboxylic acids is 1. The van der Waals surface area contributed by atoms with Crippen molar-refractivity contribution in [2.75, 3.05) is 5.33 Å². The summed E-state index contributed by atoms with van der Waals surface area (Å²) in [6.45, 7) is 0. The number of esters is 1. The van der Waals surface area contributed by atoms with E-state index in [0.29, 0.717) is 0 Å². The van der Waals surface area contributed by atoms with Gasteiger partial charge in [0.05, 0.1) is 6.04 Å². The highest BCUT2D eigenvalue weighted by atomic mass is 79.9. The number of benzene rings is 1. The third-order valence-corrected chi connectivity index (χ3v) is 3.03. The predicted octanol–water partition coefficient (Wildman–Crippen LogP) is 1.66.